The molecule has 7 heteroatoms. The van der Waals surface area contributed by atoms with Gasteiger partial charge in [-0.3, -0.25) is 9.69 Å². The Morgan fingerprint density at radius 3 is 2.37 bits per heavy atom. The van der Waals surface area contributed by atoms with E-state index >= 15 is 0 Å². The number of piperidine rings is 1. The molecule has 0 saturated carbocycles. The molecule has 2 heterocycles. The van der Waals surface area contributed by atoms with Crippen molar-refractivity contribution in [3.05, 3.63) is 54.1 Å². The number of nitrogens with one attached hydrogen (secondary N) is 1. The predicted octanol–water partition coefficient (Wildman–Crippen LogP) is 3.48. The highest BCUT2D eigenvalue weighted by atomic mass is 32.2. The molecular formula is C23H28N2O4S. The molecule has 2 atom stereocenters. The van der Waals surface area contributed by atoms with Crippen molar-refractivity contribution in [2.75, 3.05) is 18.7 Å². The number of methoxy groups -OCH3 is 1. The van der Waals surface area contributed by atoms with Crippen LogP contribution in [0.15, 0.2) is 53.4 Å². The van der Waals surface area contributed by atoms with Gasteiger partial charge in [0, 0.05) is 30.8 Å². The average molecular weight is 429 g/mol. The van der Waals surface area contributed by atoms with Crippen LogP contribution in [0.1, 0.15) is 31.2 Å². The number of sulfone groups is 1. The topological polar surface area (TPSA) is 75.7 Å². The molecule has 6 nitrogen and oxygen atoms in total. The summed E-state index contributed by atoms with van der Waals surface area (Å²) in [6, 6.07) is 15.8. The zero-order valence-corrected chi connectivity index (χ0v) is 18.2. The zero-order chi connectivity index (χ0) is 21.3. The smallest absolute Gasteiger partial charge is 0.227 e. The predicted molar refractivity (Wildman–Crippen MR) is 116 cm³/mol. The van der Waals surface area contributed by atoms with Crippen LogP contribution < -0.4 is 10.1 Å². The summed E-state index contributed by atoms with van der Waals surface area (Å²) in [5.74, 6) is 0.316. The number of anilines is 1. The first-order valence-corrected chi connectivity index (χ1v) is 12.2. The van der Waals surface area contributed by atoms with E-state index < -0.39 is 9.84 Å². The maximum Gasteiger partial charge on any atom is 0.227 e. The van der Waals surface area contributed by atoms with Gasteiger partial charge in [0.1, 0.15) is 5.75 Å². The van der Waals surface area contributed by atoms with Crippen LogP contribution in [-0.4, -0.2) is 44.7 Å². The monoisotopic (exact) mass is 428 g/mol. The largest absolute Gasteiger partial charge is 0.495 e. The average Bonchev–Trinajstić information content (AvgIpc) is 2.95. The van der Waals surface area contributed by atoms with Crippen LogP contribution in [0.2, 0.25) is 0 Å². The van der Waals surface area contributed by atoms with Gasteiger partial charge in [0.2, 0.25) is 5.91 Å². The standard InChI is InChI=1S/C23H28N2O4S/c1-29-22-11-10-20(30(2,27)28)14-21(22)24-23(26)17-12-18-8-9-19(13-17)25(18)15-16-6-4-3-5-7-16/h3-7,10-11,14,17-19H,8-9,12-13,15H2,1-2H3,(H,24,26). The van der Waals surface area contributed by atoms with E-state index in [1.165, 1.54) is 24.8 Å². The van der Waals surface area contributed by atoms with Gasteiger partial charge in [-0.25, -0.2) is 8.42 Å². The van der Waals surface area contributed by atoms with Crippen LogP contribution in [0.25, 0.3) is 0 Å². The number of rotatable bonds is 6. The summed E-state index contributed by atoms with van der Waals surface area (Å²) in [5.41, 5.74) is 1.71. The summed E-state index contributed by atoms with van der Waals surface area (Å²) in [6.07, 6.45) is 5.04. The maximum atomic E-state index is 13.0. The lowest BCUT2D eigenvalue weighted by Crippen LogP contribution is -2.45. The molecule has 0 radical (unpaired) electrons. The summed E-state index contributed by atoms with van der Waals surface area (Å²) in [4.78, 5) is 15.8. The fraction of sp³-hybridized carbons (Fsp3) is 0.435. The SMILES string of the molecule is COc1ccc(S(C)(=O)=O)cc1NC(=O)C1CC2CCC(C1)N2Cc1ccccc1. The van der Waals surface area contributed by atoms with Crippen molar-refractivity contribution in [1.82, 2.24) is 4.90 Å². The Balaban J connectivity index is 1.46. The molecule has 2 aromatic carbocycles. The number of amides is 1. The quantitative estimate of drug-likeness (QED) is 0.762. The van der Waals surface area contributed by atoms with E-state index in [2.05, 4.69) is 34.5 Å². The molecule has 0 aliphatic carbocycles. The number of benzene rings is 2. The summed E-state index contributed by atoms with van der Waals surface area (Å²) < 4.78 is 29.1. The van der Waals surface area contributed by atoms with Gasteiger partial charge < -0.3 is 10.1 Å². The van der Waals surface area contributed by atoms with Crippen molar-refractivity contribution in [2.24, 2.45) is 5.92 Å². The van der Waals surface area contributed by atoms with E-state index in [4.69, 9.17) is 4.74 Å². The molecule has 4 rings (SSSR count). The van der Waals surface area contributed by atoms with Gasteiger partial charge in [0.15, 0.2) is 9.84 Å². The van der Waals surface area contributed by atoms with Crippen molar-refractivity contribution in [2.45, 2.75) is 49.2 Å². The van der Waals surface area contributed by atoms with E-state index in [9.17, 15) is 13.2 Å². The number of hydrogen-bond donors (Lipinski definition) is 1. The Labute approximate surface area is 178 Å². The number of fused-ring (bicyclic) bond motifs is 2. The molecule has 0 aromatic heterocycles. The normalized spacial score (nSPS) is 23.9. The molecule has 160 valence electrons. The lowest BCUT2D eigenvalue weighted by atomic mass is 9.89. The van der Waals surface area contributed by atoms with Crippen LogP contribution in [0.5, 0.6) is 5.75 Å². The molecular weight excluding hydrogens is 400 g/mol. The third-order valence-corrected chi connectivity index (χ3v) is 7.43. The van der Waals surface area contributed by atoms with E-state index in [0.717, 1.165) is 38.5 Å². The minimum absolute atomic E-state index is 0.0600. The van der Waals surface area contributed by atoms with Gasteiger partial charge >= 0.3 is 0 Å². The Bertz CT molecular complexity index is 1010. The Morgan fingerprint density at radius 2 is 1.77 bits per heavy atom. The lowest BCUT2D eigenvalue weighted by Gasteiger charge is -2.38. The highest BCUT2D eigenvalue weighted by Gasteiger charge is 2.42. The van der Waals surface area contributed by atoms with Crippen LogP contribution >= 0.6 is 0 Å². The molecule has 2 bridgehead atoms. The molecule has 2 aliphatic rings. The van der Waals surface area contributed by atoms with Gasteiger partial charge in [0.25, 0.3) is 0 Å². The second-order valence-corrected chi connectivity index (χ2v) is 10.4. The maximum absolute atomic E-state index is 13.0. The van der Waals surface area contributed by atoms with Crippen molar-refractivity contribution in [3.8, 4) is 5.75 Å². The van der Waals surface area contributed by atoms with Gasteiger partial charge in [0.05, 0.1) is 17.7 Å². The number of hydrogen-bond acceptors (Lipinski definition) is 5. The molecule has 2 fully saturated rings. The molecule has 1 amide bonds. The lowest BCUT2D eigenvalue weighted by molar-refractivity contribution is -0.122. The fourth-order valence-electron chi connectivity index (χ4n) is 4.79. The van der Waals surface area contributed by atoms with Crippen molar-refractivity contribution in [1.29, 1.82) is 0 Å². The van der Waals surface area contributed by atoms with Crippen molar-refractivity contribution < 1.29 is 17.9 Å². The van der Waals surface area contributed by atoms with Gasteiger partial charge in [-0.2, -0.15) is 0 Å². The van der Waals surface area contributed by atoms with Crippen molar-refractivity contribution >= 4 is 21.4 Å². The molecule has 2 unspecified atom stereocenters. The van der Waals surface area contributed by atoms with Crippen LogP contribution in [0.3, 0.4) is 0 Å². The Morgan fingerprint density at radius 1 is 1.10 bits per heavy atom. The van der Waals surface area contributed by atoms with Crippen LogP contribution in [0.4, 0.5) is 5.69 Å². The number of nitrogens with zero attached hydrogens (tertiary/aromatic N) is 1. The summed E-state index contributed by atoms with van der Waals surface area (Å²) >= 11 is 0. The number of carbonyl (C=O) groups excluding carboxylic acids is 1. The van der Waals surface area contributed by atoms with Gasteiger partial charge in [-0.05, 0) is 49.4 Å². The van der Waals surface area contributed by atoms with Gasteiger partial charge in [-0.15, -0.1) is 0 Å². The third-order valence-electron chi connectivity index (χ3n) is 6.32. The molecule has 2 aliphatic heterocycles. The number of ether oxygens (including phenoxy) is 1. The second kappa shape index (κ2) is 8.40. The first kappa shape index (κ1) is 20.9. The highest BCUT2D eigenvalue weighted by molar-refractivity contribution is 7.90. The van der Waals surface area contributed by atoms with E-state index in [-0.39, 0.29) is 16.7 Å². The third kappa shape index (κ3) is 4.37. The first-order valence-electron chi connectivity index (χ1n) is 10.3. The highest BCUT2D eigenvalue weighted by Crippen LogP contribution is 2.40. The van der Waals surface area contributed by atoms with Crippen molar-refractivity contribution in [3.63, 3.8) is 0 Å². The van der Waals surface area contributed by atoms with E-state index in [1.807, 2.05) is 6.07 Å². The Hall–Kier alpha value is -2.38. The second-order valence-electron chi connectivity index (χ2n) is 8.33. The van der Waals surface area contributed by atoms with Crippen LogP contribution in [-0.2, 0) is 21.2 Å². The molecule has 2 saturated heterocycles. The summed E-state index contributed by atoms with van der Waals surface area (Å²) in [5, 5.41) is 2.93. The molecule has 0 spiro atoms. The van der Waals surface area contributed by atoms with Gasteiger partial charge in [-0.1, -0.05) is 30.3 Å². The molecule has 1 N–H and O–H groups in total. The zero-order valence-electron chi connectivity index (χ0n) is 17.4. The van der Waals surface area contributed by atoms with E-state index in [1.54, 1.807) is 6.07 Å². The summed E-state index contributed by atoms with van der Waals surface area (Å²) in [7, 11) is -1.86. The van der Waals surface area contributed by atoms with Crippen LogP contribution in [0, 0.1) is 5.92 Å². The molecule has 30 heavy (non-hydrogen) atoms. The minimum Gasteiger partial charge on any atom is -0.495 e. The minimum atomic E-state index is -3.37. The Kier molecular flexibility index (Phi) is 5.84. The fourth-order valence-corrected chi connectivity index (χ4v) is 5.44. The first-order chi connectivity index (χ1) is 14.3. The summed E-state index contributed by atoms with van der Waals surface area (Å²) in [6.45, 7) is 0.925. The van der Waals surface area contributed by atoms with E-state index in [0.29, 0.717) is 23.5 Å². The number of carbonyl (C=O) groups is 1. The molecule has 2 aromatic rings.